The molecule has 0 radical (unpaired) electrons. The lowest BCUT2D eigenvalue weighted by atomic mass is 10.1. The van der Waals surface area contributed by atoms with Crippen LogP contribution in [-0.4, -0.2) is 58.8 Å². The second kappa shape index (κ2) is 10.2. The fourth-order valence-corrected chi connectivity index (χ4v) is 4.95. The third-order valence-electron chi connectivity index (χ3n) is 5.98. The van der Waals surface area contributed by atoms with Crippen LogP contribution in [0, 0.1) is 0 Å². The smallest absolute Gasteiger partial charge is 0.253 e. The molecule has 0 unspecified atom stereocenters. The largest absolute Gasteiger partial charge is 0.497 e. The zero-order valence-corrected chi connectivity index (χ0v) is 20.2. The Morgan fingerprint density at radius 2 is 1.50 bits per heavy atom. The molecule has 0 aromatic heterocycles. The van der Waals surface area contributed by atoms with Gasteiger partial charge in [-0.3, -0.25) is 9.10 Å². The Morgan fingerprint density at radius 3 is 2.06 bits per heavy atom. The standard InChI is InChI=1S/C26H29N3O4S/c1-33-25-14-12-23(13-15-25)27-16-18-28(19-17-27)26(30)22-8-10-24(11-9-22)29(34(2,31)32)20-21-6-4-3-5-7-21/h3-15H,16-20H2,1-2H3. The van der Waals surface area contributed by atoms with Crippen molar-refractivity contribution in [1.29, 1.82) is 0 Å². The minimum Gasteiger partial charge on any atom is -0.497 e. The molecule has 0 N–H and O–H groups in total. The van der Waals surface area contributed by atoms with Gasteiger partial charge in [0.05, 0.1) is 25.6 Å². The number of hydrogen-bond donors (Lipinski definition) is 0. The van der Waals surface area contributed by atoms with Crippen molar-refractivity contribution in [3.8, 4) is 5.75 Å². The molecule has 1 aliphatic rings. The number of anilines is 2. The van der Waals surface area contributed by atoms with Crippen LogP contribution in [0.3, 0.4) is 0 Å². The molecular weight excluding hydrogens is 450 g/mol. The highest BCUT2D eigenvalue weighted by molar-refractivity contribution is 7.92. The van der Waals surface area contributed by atoms with E-state index in [0.29, 0.717) is 24.3 Å². The first-order chi connectivity index (χ1) is 16.3. The van der Waals surface area contributed by atoms with Crippen molar-refractivity contribution in [3.63, 3.8) is 0 Å². The van der Waals surface area contributed by atoms with Gasteiger partial charge in [-0.1, -0.05) is 30.3 Å². The van der Waals surface area contributed by atoms with Gasteiger partial charge in [-0.25, -0.2) is 8.42 Å². The topological polar surface area (TPSA) is 70.2 Å². The van der Waals surface area contributed by atoms with Crippen LogP contribution in [0.15, 0.2) is 78.9 Å². The van der Waals surface area contributed by atoms with Gasteiger partial charge in [-0.15, -0.1) is 0 Å². The molecule has 1 heterocycles. The summed E-state index contributed by atoms with van der Waals surface area (Å²) in [7, 11) is -1.84. The van der Waals surface area contributed by atoms with Crippen molar-refractivity contribution in [1.82, 2.24) is 4.90 Å². The van der Waals surface area contributed by atoms with Crippen molar-refractivity contribution < 1.29 is 17.9 Å². The van der Waals surface area contributed by atoms with Crippen LogP contribution in [0.2, 0.25) is 0 Å². The van der Waals surface area contributed by atoms with Crippen molar-refractivity contribution in [2.45, 2.75) is 6.54 Å². The van der Waals surface area contributed by atoms with E-state index in [1.165, 1.54) is 10.6 Å². The molecule has 8 heteroatoms. The molecule has 178 valence electrons. The lowest BCUT2D eigenvalue weighted by molar-refractivity contribution is 0.0747. The molecule has 0 atom stereocenters. The van der Waals surface area contributed by atoms with E-state index < -0.39 is 10.0 Å². The minimum atomic E-state index is -3.48. The molecule has 7 nitrogen and oxygen atoms in total. The number of ether oxygens (including phenoxy) is 1. The number of methoxy groups -OCH3 is 1. The van der Waals surface area contributed by atoms with Gasteiger partial charge in [-0.05, 0) is 54.1 Å². The monoisotopic (exact) mass is 479 g/mol. The summed E-state index contributed by atoms with van der Waals surface area (Å²) in [5.41, 5.74) is 3.08. The summed E-state index contributed by atoms with van der Waals surface area (Å²) in [6.45, 7) is 2.97. The van der Waals surface area contributed by atoms with Gasteiger partial charge in [0.2, 0.25) is 10.0 Å². The first-order valence-corrected chi connectivity index (χ1v) is 13.0. The van der Waals surface area contributed by atoms with E-state index >= 15 is 0 Å². The molecule has 0 spiro atoms. The quantitative estimate of drug-likeness (QED) is 0.518. The van der Waals surface area contributed by atoms with Crippen LogP contribution < -0.4 is 13.9 Å². The van der Waals surface area contributed by atoms with Gasteiger partial charge < -0.3 is 14.5 Å². The zero-order valence-electron chi connectivity index (χ0n) is 19.4. The molecule has 1 fully saturated rings. The van der Waals surface area contributed by atoms with Crippen LogP contribution in [0.4, 0.5) is 11.4 Å². The third-order valence-corrected chi connectivity index (χ3v) is 7.12. The Hall–Kier alpha value is -3.52. The summed E-state index contributed by atoms with van der Waals surface area (Å²) in [5.74, 6) is 0.772. The molecule has 34 heavy (non-hydrogen) atoms. The second-order valence-electron chi connectivity index (χ2n) is 8.28. The van der Waals surface area contributed by atoms with Gasteiger partial charge >= 0.3 is 0 Å². The maximum absolute atomic E-state index is 13.1. The third kappa shape index (κ3) is 5.51. The minimum absolute atomic E-state index is 0.0464. The molecule has 1 saturated heterocycles. The fraction of sp³-hybridized carbons (Fsp3) is 0.269. The van der Waals surface area contributed by atoms with Crippen molar-refractivity contribution in [2.24, 2.45) is 0 Å². The molecule has 3 aromatic carbocycles. The van der Waals surface area contributed by atoms with E-state index in [1.807, 2.05) is 59.5 Å². The molecule has 0 saturated carbocycles. The number of nitrogens with zero attached hydrogens (tertiary/aromatic N) is 3. The van der Waals surface area contributed by atoms with Crippen molar-refractivity contribution >= 4 is 27.3 Å². The van der Waals surface area contributed by atoms with Gasteiger partial charge in [0, 0.05) is 37.4 Å². The Kier molecular flexibility index (Phi) is 7.07. The average Bonchev–Trinajstić information content (AvgIpc) is 2.87. The number of rotatable bonds is 7. The van der Waals surface area contributed by atoms with Crippen LogP contribution in [-0.2, 0) is 16.6 Å². The number of amides is 1. The highest BCUT2D eigenvalue weighted by atomic mass is 32.2. The molecule has 1 aliphatic heterocycles. The van der Waals surface area contributed by atoms with Gasteiger partial charge in [0.25, 0.3) is 5.91 Å². The Labute approximate surface area is 201 Å². The molecule has 0 aliphatic carbocycles. The van der Waals surface area contributed by atoms with Gasteiger partial charge in [0.1, 0.15) is 5.75 Å². The molecule has 4 rings (SSSR count). The average molecular weight is 480 g/mol. The maximum Gasteiger partial charge on any atom is 0.253 e. The van der Waals surface area contributed by atoms with Gasteiger partial charge in [0.15, 0.2) is 0 Å². The normalized spacial score (nSPS) is 14.1. The van der Waals surface area contributed by atoms with E-state index in [4.69, 9.17) is 4.74 Å². The predicted octanol–water partition coefficient (Wildman–Crippen LogP) is 3.62. The number of carbonyl (C=O) groups is 1. The summed E-state index contributed by atoms with van der Waals surface area (Å²) in [4.78, 5) is 17.1. The predicted molar refractivity (Wildman–Crippen MR) is 135 cm³/mol. The maximum atomic E-state index is 13.1. The van der Waals surface area contributed by atoms with Crippen LogP contribution >= 0.6 is 0 Å². The number of carbonyl (C=O) groups excluding carboxylic acids is 1. The van der Waals surface area contributed by atoms with E-state index in [9.17, 15) is 13.2 Å². The van der Waals surface area contributed by atoms with Crippen molar-refractivity contribution in [3.05, 3.63) is 90.0 Å². The van der Waals surface area contributed by atoms with Gasteiger partial charge in [-0.2, -0.15) is 0 Å². The second-order valence-corrected chi connectivity index (χ2v) is 10.2. The molecule has 3 aromatic rings. The summed E-state index contributed by atoms with van der Waals surface area (Å²) in [6.07, 6.45) is 1.19. The zero-order chi connectivity index (χ0) is 24.1. The first kappa shape index (κ1) is 23.6. The number of sulfonamides is 1. The summed E-state index contributed by atoms with van der Waals surface area (Å²) >= 11 is 0. The Bertz CT molecular complexity index is 1210. The number of piperazine rings is 1. The first-order valence-electron chi connectivity index (χ1n) is 11.1. The summed E-state index contributed by atoms with van der Waals surface area (Å²) in [5, 5.41) is 0. The summed E-state index contributed by atoms with van der Waals surface area (Å²) < 4.78 is 31.4. The number of hydrogen-bond acceptors (Lipinski definition) is 5. The van der Waals surface area contributed by atoms with Crippen LogP contribution in [0.5, 0.6) is 5.75 Å². The van der Waals surface area contributed by atoms with E-state index in [2.05, 4.69) is 4.90 Å². The highest BCUT2D eigenvalue weighted by Crippen LogP contribution is 2.23. The molecule has 0 bridgehead atoms. The molecular formula is C26H29N3O4S. The van der Waals surface area contributed by atoms with E-state index in [-0.39, 0.29) is 12.5 Å². The summed E-state index contributed by atoms with van der Waals surface area (Å²) in [6, 6.07) is 24.2. The van der Waals surface area contributed by atoms with E-state index in [1.54, 1.807) is 31.4 Å². The van der Waals surface area contributed by atoms with E-state index in [0.717, 1.165) is 30.1 Å². The number of benzene rings is 3. The Balaban J connectivity index is 1.41. The SMILES string of the molecule is COc1ccc(N2CCN(C(=O)c3ccc(N(Cc4ccccc4)S(C)(=O)=O)cc3)CC2)cc1. The van der Waals surface area contributed by atoms with Crippen molar-refractivity contribution in [2.75, 3.05) is 48.7 Å². The fourth-order valence-electron chi connectivity index (χ4n) is 4.06. The lowest BCUT2D eigenvalue weighted by Crippen LogP contribution is -2.48. The lowest BCUT2D eigenvalue weighted by Gasteiger charge is -2.36. The molecule has 1 amide bonds. The van der Waals surface area contributed by atoms with Crippen LogP contribution in [0.25, 0.3) is 0 Å². The Morgan fingerprint density at radius 1 is 0.882 bits per heavy atom. The van der Waals surface area contributed by atoms with Crippen LogP contribution in [0.1, 0.15) is 15.9 Å². The highest BCUT2D eigenvalue weighted by Gasteiger charge is 2.23.